The van der Waals surface area contributed by atoms with Crippen molar-refractivity contribution >= 4 is 39.3 Å². The number of ether oxygens (including phenoxy) is 2. The van der Waals surface area contributed by atoms with E-state index in [9.17, 15) is 18.0 Å². The smallest absolute Gasteiger partial charge is 0.324 e. The minimum Gasteiger partial charge on any atom is -0.497 e. The third-order valence-electron chi connectivity index (χ3n) is 4.37. The van der Waals surface area contributed by atoms with Gasteiger partial charge in [0.1, 0.15) is 11.8 Å². The number of benzene rings is 2. The van der Waals surface area contributed by atoms with Crippen molar-refractivity contribution in [1.82, 2.24) is 4.72 Å². The van der Waals surface area contributed by atoms with Gasteiger partial charge in [0.25, 0.3) is 5.91 Å². The second kappa shape index (κ2) is 12.2. The zero-order valence-electron chi connectivity index (χ0n) is 18.4. The van der Waals surface area contributed by atoms with E-state index in [1.807, 2.05) is 6.07 Å². The van der Waals surface area contributed by atoms with Crippen molar-refractivity contribution in [3.63, 3.8) is 0 Å². The Balaban J connectivity index is 2.01. The van der Waals surface area contributed by atoms with E-state index in [0.29, 0.717) is 16.3 Å². The third kappa shape index (κ3) is 7.78. The van der Waals surface area contributed by atoms with E-state index < -0.39 is 40.5 Å². The molecule has 0 aliphatic carbocycles. The standard InChI is InChI=1S/C22H25N3O6S2/c1-15(2)21(25-33(28,29)17-10-8-16(30-3)9-11-17)22(27)31-14-20(26)24-18-6-4-5-7-19(18)32-13-12-23/h4-11,15,21,25H,13-14H2,1-3H3,(H,24,26)/t21-/m0/s1. The fourth-order valence-corrected chi connectivity index (χ4v) is 4.67. The third-order valence-corrected chi connectivity index (χ3v) is 6.77. The molecule has 0 spiro atoms. The van der Waals surface area contributed by atoms with Crippen LogP contribution in [0.4, 0.5) is 5.69 Å². The maximum atomic E-state index is 12.7. The molecule has 0 saturated heterocycles. The second-order valence-corrected chi connectivity index (χ2v) is 9.85. The molecular formula is C22H25N3O6S2. The van der Waals surface area contributed by atoms with Gasteiger partial charge >= 0.3 is 5.97 Å². The van der Waals surface area contributed by atoms with Gasteiger partial charge in [0, 0.05) is 4.90 Å². The number of amides is 1. The summed E-state index contributed by atoms with van der Waals surface area (Å²) in [6.07, 6.45) is 0. The lowest BCUT2D eigenvalue weighted by molar-refractivity contribution is -0.150. The number of nitriles is 1. The first kappa shape index (κ1) is 26.2. The summed E-state index contributed by atoms with van der Waals surface area (Å²) in [5, 5.41) is 11.4. The van der Waals surface area contributed by atoms with Gasteiger partial charge in [-0.15, -0.1) is 11.8 Å². The predicted molar refractivity (Wildman–Crippen MR) is 124 cm³/mol. The number of carbonyl (C=O) groups excluding carboxylic acids is 2. The van der Waals surface area contributed by atoms with Crippen LogP contribution in [0.2, 0.25) is 0 Å². The van der Waals surface area contributed by atoms with Crippen LogP contribution >= 0.6 is 11.8 Å². The molecular weight excluding hydrogens is 466 g/mol. The Labute approximate surface area is 197 Å². The summed E-state index contributed by atoms with van der Waals surface area (Å²) < 4.78 is 37.8. The van der Waals surface area contributed by atoms with Crippen LogP contribution in [0, 0.1) is 17.2 Å². The quantitative estimate of drug-likeness (QED) is 0.362. The van der Waals surface area contributed by atoms with Gasteiger partial charge in [-0.3, -0.25) is 9.59 Å². The lowest BCUT2D eigenvalue weighted by atomic mass is 10.1. The molecule has 2 N–H and O–H groups in total. The molecule has 0 saturated carbocycles. The number of esters is 1. The lowest BCUT2D eigenvalue weighted by Gasteiger charge is -2.21. The molecule has 9 nitrogen and oxygen atoms in total. The van der Waals surface area contributed by atoms with Crippen molar-refractivity contribution in [2.75, 3.05) is 24.8 Å². The number of hydrogen-bond donors (Lipinski definition) is 2. The fraction of sp³-hybridized carbons (Fsp3) is 0.318. The average molecular weight is 492 g/mol. The lowest BCUT2D eigenvalue weighted by Crippen LogP contribution is -2.45. The van der Waals surface area contributed by atoms with Crippen LogP contribution in [0.3, 0.4) is 0 Å². The Morgan fingerprint density at radius 3 is 2.39 bits per heavy atom. The molecule has 0 aromatic heterocycles. The number of thioether (sulfide) groups is 1. The zero-order valence-corrected chi connectivity index (χ0v) is 20.0. The zero-order chi connectivity index (χ0) is 24.4. The highest BCUT2D eigenvalue weighted by Crippen LogP contribution is 2.26. The van der Waals surface area contributed by atoms with Gasteiger partial charge in [-0.2, -0.15) is 9.98 Å². The predicted octanol–water partition coefficient (Wildman–Crippen LogP) is 2.80. The maximum absolute atomic E-state index is 12.7. The Bertz CT molecular complexity index is 1110. The van der Waals surface area contributed by atoms with Crippen molar-refractivity contribution in [2.45, 2.75) is 29.7 Å². The van der Waals surface area contributed by atoms with Gasteiger partial charge in [0.05, 0.1) is 29.5 Å². The van der Waals surface area contributed by atoms with Crippen molar-refractivity contribution in [1.29, 1.82) is 5.26 Å². The molecule has 11 heteroatoms. The Kier molecular flexibility index (Phi) is 9.72. The van der Waals surface area contributed by atoms with Crippen LogP contribution in [0.25, 0.3) is 0 Å². The first-order chi connectivity index (χ1) is 15.7. The Morgan fingerprint density at radius 1 is 1.12 bits per heavy atom. The summed E-state index contributed by atoms with van der Waals surface area (Å²) in [4.78, 5) is 25.5. The number of methoxy groups -OCH3 is 1. The maximum Gasteiger partial charge on any atom is 0.324 e. The van der Waals surface area contributed by atoms with E-state index >= 15 is 0 Å². The van der Waals surface area contributed by atoms with Crippen LogP contribution in [0.5, 0.6) is 5.75 Å². The summed E-state index contributed by atoms with van der Waals surface area (Å²) in [7, 11) is -2.55. The average Bonchev–Trinajstić information content (AvgIpc) is 2.80. The first-order valence-electron chi connectivity index (χ1n) is 9.89. The largest absolute Gasteiger partial charge is 0.497 e. The van der Waals surface area contributed by atoms with E-state index in [0.717, 1.165) is 0 Å². The van der Waals surface area contributed by atoms with Crippen molar-refractivity contribution in [3.8, 4) is 11.8 Å². The van der Waals surface area contributed by atoms with Crippen LogP contribution in [0.15, 0.2) is 58.3 Å². The normalized spacial score (nSPS) is 12.0. The Hall–Kier alpha value is -3.07. The number of sulfonamides is 1. The molecule has 0 radical (unpaired) electrons. The number of nitrogens with one attached hydrogen (secondary N) is 2. The molecule has 0 aliphatic rings. The fourth-order valence-electron chi connectivity index (χ4n) is 2.66. The van der Waals surface area contributed by atoms with Crippen LogP contribution in [0.1, 0.15) is 13.8 Å². The molecule has 0 fully saturated rings. The molecule has 176 valence electrons. The van der Waals surface area contributed by atoms with Crippen molar-refractivity contribution < 1.29 is 27.5 Å². The van der Waals surface area contributed by atoms with Gasteiger partial charge in [0.15, 0.2) is 6.61 Å². The molecule has 33 heavy (non-hydrogen) atoms. The monoisotopic (exact) mass is 491 g/mol. The Morgan fingerprint density at radius 2 is 1.79 bits per heavy atom. The van der Waals surface area contributed by atoms with Gasteiger partial charge in [0.2, 0.25) is 10.0 Å². The molecule has 0 unspecified atom stereocenters. The van der Waals surface area contributed by atoms with E-state index in [-0.39, 0.29) is 10.6 Å². The van der Waals surface area contributed by atoms with Crippen LogP contribution in [-0.4, -0.2) is 45.8 Å². The second-order valence-electron chi connectivity index (χ2n) is 7.12. The molecule has 2 rings (SSSR count). The van der Waals surface area contributed by atoms with Gasteiger partial charge in [-0.25, -0.2) is 8.42 Å². The molecule has 0 heterocycles. The topological polar surface area (TPSA) is 135 Å². The molecule has 2 aromatic rings. The minimum atomic E-state index is -4.01. The van der Waals surface area contributed by atoms with Gasteiger partial charge in [-0.1, -0.05) is 26.0 Å². The van der Waals surface area contributed by atoms with Crippen molar-refractivity contribution in [3.05, 3.63) is 48.5 Å². The number of anilines is 1. The summed E-state index contributed by atoms with van der Waals surface area (Å²) in [5.41, 5.74) is 0.486. The number of para-hydroxylation sites is 1. The highest BCUT2D eigenvalue weighted by Gasteiger charge is 2.30. The number of nitrogens with zero attached hydrogens (tertiary/aromatic N) is 1. The summed E-state index contributed by atoms with van der Waals surface area (Å²) in [5.74, 6) is -1.19. The molecule has 0 bridgehead atoms. The number of carbonyl (C=O) groups is 2. The number of hydrogen-bond acceptors (Lipinski definition) is 8. The number of rotatable bonds is 11. The molecule has 1 atom stereocenters. The van der Waals surface area contributed by atoms with Crippen molar-refractivity contribution in [2.24, 2.45) is 5.92 Å². The molecule has 1 amide bonds. The minimum absolute atomic E-state index is 0.0361. The molecule has 0 aliphatic heterocycles. The van der Waals surface area contributed by atoms with E-state index in [1.54, 1.807) is 38.1 Å². The van der Waals surface area contributed by atoms with Gasteiger partial charge in [-0.05, 0) is 42.3 Å². The van der Waals surface area contributed by atoms with E-state index in [2.05, 4.69) is 10.0 Å². The first-order valence-corrected chi connectivity index (χ1v) is 12.4. The van der Waals surface area contributed by atoms with Gasteiger partial charge < -0.3 is 14.8 Å². The summed E-state index contributed by atoms with van der Waals surface area (Å²) in [6.45, 7) is 2.72. The summed E-state index contributed by atoms with van der Waals surface area (Å²) in [6, 6.07) is 13.5. The highest BCUT2D eigenvalue weighted by molar-refractivity contribution is 7.99. The van der Waals surface area contributed by atoms with E-state index in [1.165, 1.54) is 43.1 Å². The van der Waals surface area contributed by atoms with E-state index in [4.69, 9.17) is 14.7 Å². The highest BCUT2D eigenvalue weighted by atomic mass is 32.2. The van der Waals surface area contributed by atoms with Crippen LogP contribution < -0.4 is 14.8 Å². The molecule has 2 aromatic carbocycles. The SMILES string of the molecule is COc1ccc(S(=O)(=O)N[C@H](C(=O)OCC(=O)Nc2ccccc2SCC#N)C(C)C)cc1. The summed E-state index contributed by atoms with van der Waals surface area (Å²) >= 11 is 1.26. The van der Waals surface area contributed by atoms with Crippen LogP contribution in [-0.2, 0) is 24.3 Å².